The third-order valence-electron chi connectivity index (χ3n) is 2.95. The number of rotatable bonds is 5. The van der Waals surface area contributed by atoms with Crippen LogP contribution in [0.4, 0.5) is 0 Å². The molecule has 21 heavy (non-hydrogen) atoms. The van der Waals surface area contributed by atoms with Gasteiger partial charge in [0.05, 0.1) is 17.9 Å². The van der Waals surface area contributed by atoms with Crippen molar-refractivity contribution in [3.8, 4) is 17.1 Å². The second-order valence-electron chi connectivity index (χ2n) is 4.56. The summed E-state index contributed by atoms with van der Waals surface area (Å²) >= 11 is 0. The van der Waals surface area contributed by atoms with Crippen molar-refractivity contribution in [2.75, 3.05) is 0 Å². The van der Waals surface area contributed by atoms with Crippen molar-refractivity contribution in [3.05, 3.63) is 54.3 Å². The highest BCUT2D eigenvalue weighted by molar-refractivity contribution is 5.51. The van der Waals surface area contributed by atoms with E-state index in [1.807, 2.05) is 12.1 Å². The lowest BCUT2D eigenvalue weighted by Gasteiger charge is -2.07. The summed E-state index contributed by atoms with van der Waals surface area (Å²) in [5.74, 6) is 1.46. The minimum Gasteiger partial charge on any atom is -0.484 e. The van der Waals surface area contributed by atoms with Gasteiger partial charge in [-0.3, -0.25) is 0 Å². The maximum Gasteiger partial charge on any atom is 0.264 e. The predicted octanol–water partition coefficient (Wildman–Crippen LogP) is 2.96. The van der Waals surface area contributed by atoms with Crippen molar-refractivity contribution in [3.63, 3.8) is 0 Å². The number of nitrogens with zero attached hydrogens (tertiary/aromatic N) is 2. The summed E-state index contributed by atoms with van der Waals surface area (Å²) < 4.78 is 15.7. The molecule has 0 aliphatic carbocycles. The summed E-state index contributed by atoms with van der Waals surface area (Å²) in [6, 6.07) is 8.99. The Bertz CT molecular complexity index is 704. The lowest BCUT2D eigenvalue weighted by molar-refractivity contribution is 0.197. The molecule has 0 aliphatic rings. The molecule has 0 saturated heterocycles. The first-order valence-corrected chi connectivity index (χ1v) is 6.48. The zero-order valence-corrected chi connectivity index (χ0v) is 11.4. The topological polar surface area (TPSA) is 81.5 Å². The normalized spacial score (nSPS) is 12.3. The average Bonchev–Trinajstić information content (AvgIpc) is 3.16. The largest absolute Gasteiger partial charge is 0.484 e. The van der Waals surface area contributed by atoms with Crippen molar-refractivity contribution in [2.24, 2.45) is 0 Å². The molecule has 1 atom stereocenters. The molecule has 2 aromatic heterocycles. The van der Waals surface area contributed by atoms with E-state index in [2.05, 4.69) is 10.1 Å². The van der Waals surface area contributed by atoms with E-state index in [0.717, 1.165) is 11.1 Å². The molecule has 108 valence electrons. The highest BCUT2D eigenvalue weighted by Gasteiger charge is 2.10. The van der Waals surface area contributed by atoms with Gasteiger partial charge in [-0.05, 0) is 30.7 Å². The maximum absolute atomic E-state index is 9.54. The van der Waals surface area contributed by atoms with Crippen LogP contribution in [0.2, 0.25) is 0 Å². The third-order valence-corrected chi connectivity index (χ3v) is 2.95. The first-order chi connectivity index (χ1) is 10.2. The lowest BCUT2D eigenvalue weighted by Crippen LogP contribution is -1.97. The summed E-state index contributed by atoms with van der Waals surface area (Å²) in [4.78, 5) is 4.21. The van der Waals surface area contributed by atoms with Crippen molar-refractivity contribution in [1.29, 1.82) is 0 Å². The van der Waals surface area contributed by atoms with Gasteiger partial charge in [-0.25, -0.2) is 0 Å². The fourth-order valence-corrected chi connectivity index (χ4v) is 1.83. The van der Waals surface area contributed by atoms with Crippen LogP contribution >= 0.6 is 0 Å². The number of benzene rings is 1. The Morgan fingerprint density at radius 1 is 1.33 bits per heavy atom. The molecular formula is C15H14N2O4. The van der Waals surface area contributed by atoms with E-state index < -0.39 is 6.10 Å². The predicted molar refractivity (Wildman–Crippen MR) is 73.4 cm³/mol. The van der Waals surface area contributed by atoms with E-state index in [1.54, 1.807) is 37.6 Å². The van der Waals surface area contributed by atoms with Gasteiger partial charge in [-0.1, -0.05) is 17.3 Å². The van der Waals surface area contributed by atoms with Gasteiger partial charge in [0.2, 0.25) is 5.82 Å². The SMILES string of the molecule is CC(O)c1cccc(OCc2nc(-c3ccoc3)no2)c1. The Labute approximate surface area is 121 Å². The lowest BCUT2D eigenvalue weighted by atomic mass is 10.1. The highest BCUT2D eigenvalue weighted by Crippen LogP contribution is 2.20. The molecule has 1 aromatic carbocycles. The maximum atomic E-state index is 9.54. The summed E-state index contributed by atoms with van der Waals surface area (Å²) in [5.41, 5.74) is 1.54. The molecule has 1 N–H and O–H groups in total. The minimum absolute atomic E-state index is 0.161. The van der Waals surface area contributed by atoms with Gasteiger partial charge in [0.1, 0.15) is 12.0 Å². The fourth-order valence-electron chi connectivity index (χ4n) is 1.83. The standard InChI is InChI=1S/C15H14N2O4/c1-10(18)11-3-2-4-13(7-11)20-9-14-16-15(17-21-14)12-5-6-19-8-12/h2-8,10,18H,9H2,1H3. The second kappa shape index (κ2) is 5.80. The molecule has 0 amide bonds. The van der Waals surface area contributed by atoms with Crippen LogP contribution in [0.5, 0.6) is 5.75 Å². The molecule has 1 unspecified atom stereocenters. The van der Waals surface area contributed by atoms with E-state index in [9.17, 15) is 5.11 Å². The summed E-state index contributed by atoms with van der Waals surface area (Å²) in [6.45, 7) is 1.86. The summed E-state index contributed by atoms with van der Waals surface area (Å²) in [7, 11) is 0. The Hall–Kier alpha value is -2.60. The number of aliphatic hydroxyl groups excluding tert-OH is 1. The number of hydrogen-bond donors (Lipinski definition) is 1. The fraction of sp³-hybridized carbons (Fsp3) is 0.200. The van der Waals surface area contributed by atoms with Crippen LogP contribution in [0.25, 0.3) is 11.4 Å². The third kappa shape index (κ3) is 3.11. The Morgan fingerprint density at radius 3 is 3.00 bits per heavy atom. The monoisotopic (exact) mass is 286 g/mol. The quantitative estimate of drug-likeness (QED) is 0.776. The average molecular weight is 286 g/mol. The summed E-state index contributed by atoms with van der Waals surface area (Å²) in [5, 5.41) is 13.4. The van der Waals surface area contributed by atoms with Crippen LogP contribution in [0.3, 0.4) is 0 Å². The summed E-state index contributed by atoms with van der Waals surface area (Å²) in [6.07, 6.45) is 2.55. The molecule has 0 bridgehead atoms. The van der Waals surface area contributed by atoms with E-state index in [1.165, 1.54) is 0 Å². The molecule has 2 heterocycles. The number of furan rings is 1. The molecular weight excluding hydrogens is 272 g/mol. The molecule has 0 fully saturated rings. The van der Waals surface area contributed by atoms with Crippen LogP contribution in [0, 0.1) is 0 Å². The Balaban J connectivity index is 1.67. The van der Waals surface area contributed by atoms with E-state index in [-0.39, 0.29) is 6.61 Å². The van der Waals surface area contributed by atoms with Gasteiger partial charge in [0, 0.05) is 0 Å². The van der Waals surface area contributed by atoms with Crippen molar-refractivity contribution >= 4 is 0 Å². The zero-order valence-electron chi connectivity index (χ0n) is 11.4. The Kier molecular flexibility index (Phi) is 3.70. The van der Waals surface area contributed by atoms with Crippen LogP contribution in [-0.4, -0.2) is 15.2 Å². The molecule has 0 saturated carbocycles. The van der Waals surface area contributed by atoms with E-state index in [4.69, 9.17) is 13.7 Å². The van der Waals surface area contributed by atoms with Gasteiger partial charge in [0.15, 0.2) is 6.61 Å². The van der Waals surface area contributed by atoms with E-state index in [0.29, 0.717) is 17.5 Å². The number of ether oxygens (including phenoxy) is 1. The van der Waals surface area contributed by atoms with Crippen LogP contribution in [0.1, 0.15) is 24.5 Å². The second-order valence-corrected chi connectivity index (χ2v) is 4.56. The van der Waals surface area contributed by atoms with Crippen molar-refractivity contribution < 1.29 is 18.8 Å². The first-order valence-electron chi connectivity index (χ1n) is 6.48. The van der Waals surface area contributed by atoms with Gasteiger partial charge < -0.3 is 18.8 Å². The molecule has 0 aliphatic heterocycles. The van der Waals surface area contributed by atoms with Crippen molar-refractivity contribution in [2.45, 2.75) is 19.6 Å². The molecule has 0 spiro atoms. The minimum atomic E-state index is -0.537. The molecule has 6 nitrogen and oxygen atoms in total. The smallest absolute Gasteiger partial charge is 0.264 e. The van der Waals surface area contributed by atoms with Gasteiger partial charge >= 0.3 is 0 Å². The van der Waals surface area contributed by atoms with E-state index >= 15 is 0 Å². The van der Waals surface area contributed by atoms with Crippen molar-refractivity contribution in [1.82, 2.24) is 10.1 Å². The van der Waals surface area contributed by atoms with Gasteiger partial charge in [-0.2, -0.15) is 4.98 Å². The van der Waals surface area contributed by atoms with Gasteiger partial charge in [-0.15, -0.1) is 0 Å². The van der Waals surface area contributed by atoms with Crippen LogP contribution < -0.4 is 4.74 Å². The number of aliphatic hydroxyl groups is 1. The zero-order chi connectivity index (χ0) is 14.7. The molecule has 0 radical (unpaired) electrons. The molecule has 3 aromatic rings. The first kappa shape index (κ1) is 13.4. The van der Waals surface area contributed by atoms with Crippen LogP contribution in [-0.2, 0) is 6.61 Å². The molecule has 6 heteroatoms. The number of hydrogen-bond acceptors (Lipinski definition) is 6. The highest BCUT2D eigenvalue weighted by atomic mass is 16.5. The Morgan fingerprint density at radius 2 is 2.24 bits per heavy atom. The molecule has 3 rings (SSSR count). The van der Waals surface area contributed by atoms with Crippen LogP contribution in [0.15, 0.2) is 51.8 Å². The number of aromatic nitrogens is 2. The van der Waals surface area contributed by atoms with Gasteiger partial charge in [0.25, 0.3) is 5.89 Å².